The Balaban J connectivity index is 2.18. The van der Waals surface area contributed by atoms with Crippen LogP contribution in [0.5, 0.6) is 0 Å². The number of rotatable bonds is 4. The zero-order chi connectivity index (χ0) is 20.1. The fourth-order valence-electron chi connectivity index (χ4n) is 3.37. The fraction of sp³-hybridized carbons (Fsp3) is 0.526. The van der Waals surface area contributed by atoms with E-state index in [1.165, 1.54) is 19.2 Å². The zero-order valence-electron chi connectivity index (χ0n) is 16.1. The lowest BCUT2D eigenvalue weighted by molar-refractivity contribution is -0.130. The van der Waals surface area contributed by atoms with Crippen molar-refractivity contribution in [2.75, 3.05) is 25.5 Å². The van der Waals surface area contributed by atoms with E-state index in [4.69, 9.17) is 16.3 Å². The number of esters is 1. The minimum absolute atomic E-state index is 0.0151. The quantitative estimate of drug-likeness (QED) is 0.792. The monoisotopic (exact) mass is 395 g/mol. The van der Waals surface area contributed by atoms with Gasteiger partial charge in [-0.15, -0.1) is 0 Å². The van der Waals surface area contributed by atoms with Gasteiger partial charge in [-0.05, 0) is 44.9 Å². The smallest absolute Gasteiger partial charge is 0.339 e. The van der Waals surface area contributed by atoms with Gasteiger partial charge in [-0.25, -0.2) is 9.59 Å². The predicted octanol–water partition coefficient (Wildman–Crippen LogP) is 3.38. The van der Waals surface area contributed by atoms with Crippen LogP contribution in [0, 0.1) is 0 Å². The summed E-state index contributed by atoms with van der Waals surface area (Å²) >= 11 is 6.03. The molecule has 0 atom stereocenters. The third-order valence-electron chi connectivity index (χ3n) is 4.72. The minimum atomic E-state index is -0.548. The van der Waals surface area contributed by atoms with Gasteiger partial charge in [0.1, 0.15) is 0 Å². The summed E-state index contributed by atoms with van der Waals surface area (Å²) in [5.41, 5.74) is 0.552. The first-order chi connectivity index (χ1) is 12.7. The third kappa shape index (κ3) is 5.13. The second-order valence-electron chi connectivity index (χ2n) is 6.85. The summed E-state index contributed by atoms with van der Waals surface area (Å²) in [6.45, 7) is 6.69. The van der Waals surface area contributed by atoms with Crippen molar-refractivity contribution in [3.63, 3.8) is 0 Å². The average Bonchev–Trinajstić information content (AvgIpc) is 2.61. The van der Waals surface area contributed by atoms with Gasteiger partial charge >= 0.3 is 12.0 Å². The molecule has 0 aromatic heterocycles. The summed E-state index contributed by atoms with van der Waals surface area (Å²) in [4.78, 5) is 40.0. The lowest BCUT2D eigenvalue weighted by atomic mass is 10.0. The lowest BCUT2D eigenvalue weighted by Crippen LogP contribution is -2.52. The van der Waals surface area contributed by atoms with Crippen LogP contribution >= 0.6 is 11.6 Å². The molecule has 1 aliphatic rings. The van der Waals surface area contributed by atoms with E-state index < -0.39 is 5.97 Å². The second-order valence-corrected chi connectivity index (χ2v) is 7.29. The van der Waals surface area contributed by atoms with Crippen LogP contribution in [0.1, 0.15) is 44.0 Å². The van der Waals surface area contributed by atoms with Crippen molar-refractivity contribution in [2.24, 2.45) is 0 Å². The molecule has 0 aliphatic carbocycles. The van der Waals surface area contributed by atoms with E-state index in [0.717, 1.165) is 0 Å². The van der Waals surface area contributed by atoms with Gasteiger partial charge < -0.3 is 19.9 Å². The molecule has 1 aliphatic heterocycles. The van der Waals surface area contributed by atoms with E-state index >= 15 is 0 Å². The van der Waals surface area contributed by atoms with Gasteiger partial charge in [-0.2, -0.15) is 0 Å². The molecular formula is C19H26ClN3O4. The highest BCUT2D eigenvalue weighted by molar-refractivity contribution is 6.31. The van der Waals surface area contributed by atoms with E-state index in [1.54, 1.807) is 22.8 Å². The van der Waals surface area contributed by atoms with Crippen molar-refractivity contribution in [2.45, 2.75) is 45.7 Å². The van der Waals surface area contributed by atoms with Gasteiger partial charge in [0.15, 0.2) is 0 Å². The molecule has 8 heteroatoms. The van der Waals surface area contributed by atoms with Gasteiger partial charge in [0.2, 0.25) is 5.91 Å². The number of halogens is 1. The molecule has 148 valence electrons. The number of carbonyl (C=O) groups is 3. The zero-order valence-corrected chi connectivity index (χ0v) is 16.9. The number of nitrogens with one attached hydrogen (secondary N) is 1. The maximum Gasteiger partial charge on any atom is 0.339 e. The average molecular weight is 396 g/mol. The maximum atomic E-state index is 13.0. The first kappa shape index (κ1) is 21.0. The first-order valence-electron chi connectivity index (χ1n) is 8.97. The molecule has 1 saturated heterocycles. The number of benzene rings is 1. The van der Waals surface area contributed by atoms with Crippen molar-refractivity contribution >= 4 is 35.2 Å². The van der Waals surface area contributed by atoms with Crippen LogP contribution in [0.2, 0.25) is 5.02 Å². The van der Waals surface area contributed by atoms with Gasteiger partial charge in [0.25, 0.3) is 0 Å². The Hall–Kier alpha value is -2.28. The maximum absolute atomic E-state index is 13.0. The largest absolute Gasteiger partial charge is 0.465 e. The standard InChI is InChI=1S/C19H26ClN3O4/c1-12(2)23(15-7-9-22(10-8-15)13(3)24)19(26)21-17-11-14(20)5-6-16(17)18(25)27-4/h5-6,11-12,15H,7-10H2,1-4H3,(H,21,26). The van der Waals surface area contributed by atoms with Gasteiger partial charge in [-0.3, -0.25) is 4.79 Å². The Morgan fingerprint density at radius 2 is 1.89 bits per heavy atom. The summed E-state index contributed by atoms with van der Waals surface area (Å²) in [5.74, 6) is -0.497. The molecule has 0 unspecified atom stereocenters. The number of anilines is 1. The minimum Gasteiger partial charge on any atom is -0.465 e. The van der Waals surface area contributed by atoms with Gasteiger partial charge in [0.05, 0.1) is 18.4 Å². The van der Waals surface area contributed by atoms with Crippen molar-refractivity contribution in [3.8, 4) is 0 Å². The number of amides is 3. The molecule has 1 aromatic carbocycles. The molecule has 1 heterocycles. The first-order valence-corrected chi connectivity index (χ1v) is 9.35. The van der Waals surface area contributed by atoms with E-state index in [2.05, 4.69) is 5.32 Å². The van der Waals surface area contributed by atoms with Gasteiger partial charge in [-0.1, -0.05) is 11.6 Å². The number of likely N-dealkylation sites (tertiary alicyclic amines) is 1. The molecule has 1 fully saturated rings. The Morgan fingerprint density at radius 3 is 2.41 bits per heavy atom. The molecule has 0 saturated carbocycles. The number of hydrogen-bond acceptors (Lipinski definition) is 4. The summed E-state index contributed by atoms with van der Waals surface area (Å²) < 4.78 is 4.77. The lowest BCUT2D eigenvalue weighted by Gasteiger charge is -2.40. The van der Waals surface area contributed by atoms with Crippen LogP contribution in [-0.4, -0.2) is 60.0 Å². The Labute approximate surface area is 164 Å². The fourth-order valence-corrected chi connectivity index (χ4v) is 3.54. The molecule has 27 heavy (non-hydrogen) atoms. The Morgan fingerprint density at radius 1 is 1.26 bits per heavy atom. The third-order valence-corrected chi connectivity index (χ3v) is 4.96. The van der Waals surface area contributed by atoms with E-state index in [0.29, 0.717) is 36.6 Å². The van der Waals surface area contributed by atoms with E-state index in [1.807, 2.05) is 13.8 Å². The van der Waals surface area contributed by atoms with Crippen molar-refractivity contribution in [1.29, 1.82) is 0 Å². The van der Waals surface area contributed by atoms with Crippen LogP contribution in [0.15, 0.2) is 18.2 Å². The molecule has 0 spiro atoms. The second kappa shape index (κ2) is 9.08. The molecule has 0 radical (unpaired) electrons. The number of piperidine rings is 1. The number of urea groups is 1. The summed E-state index contributed by atoms with van der Waals surface area (Å²) in [5, 5.41) is 3.21. The topological polar surface area (TPSA) is 79.0 Å². The van der Waals surface area contributed by atoms with Crippen LogP contribution in [0.4, 0.5) is 10.5 Å². The predicted molar refractivity (Wildman–Crippen MR) is 104 cm³/mol. The number of hydrogen-bond donors (Lipinski definition) is 1. The summed E-state index contributed by atoms with van der Waals surface area (Å²) in [6.07, 6.45) is 1.43. The van der Waals surface area contributed by atoms with Gasteiger partial charge in [0, 0.05) is 37.1 Å². The van der Waals surface area contributed by atoms with Crippen LogP contribution in [0.3, 0.4) is 0 Å². The number of ether oxygens (including phenoxy) is 1. The number of nitrogens with zero attached hydrogens (tertiary/aromatic N) is 2. The molecular weight excluding hydrogens is 370 g/mol. The molecule has 2 rings (SSSR count). The highest BCUT2D eigenvalue weighted by atomic mass is 35.5. The van der Waals surface area contributed by atoms with Crippen LogP contribution < -0.4 is 5.32 Å². The highest BCUT2D eigenvalue weighted by Crippen LogP contribution is 2.25. The normalized spacial score (nSPS) is 14.8. The van der Waals surface area contributed by atoms with Crippen molar-refractivity contribution in [3.05, 3.63) is 28.8 Å². The Kier molecular flexibility index (Phi) is 7.07. The SMILES string of the molecule is COC(=O)c1ccc(Cl)cc1NC(=O)N(C(C)C)C1CCN(C(C)=O)CC1. The number of carbonyl (C=O) groups excluding carboxylic acids is 3. The van der Waals surface area contributed by atoms with Crippen LogP contribution in [-0.2, 0) is 9.53 Å². The summed E-state index contributed by atoms with van der Waals surface area (Å²) in [6, 6.07) is 4.29. The molecule has 1 N–H and O–H groups in total. The van der Waals surface area contributed by atoms with Crippen molar-refractivity contribution < 1.29 is 19.1 Å². The van der Waals surface area contributed by atoms with Crippen LogP contribution in [0.25, 0.3) is 0 Å². The highest BCUT2D eigenvalue weighted by Gasteiger charge is 2.31. The van der Waals surface area contributed by atoms with E-state index in [-0.39, 0.29) is 29.6 Å². The van der Waals surface area contributed by atoms with Crippen molar-refractivity contribution in [1.82, 2.24) is 9.80 Å². The molecule has 7 nitrogen and oxygen atoms in total. The molecule has 1 aromatic rings. The number of methoxy groups -OCH3 is 1. The van der Waals surface area contributed by atoms with E-state index in [9.17, 15) is 14.4 Å². The molecule has 0 bridgehead atoms. The summed E-state index contributed by atoms with van der Waals surface area (Å²) in [7, 11) is 1.28. The molecule has 3 amide bonds. The Bertz CT molecular complexity index is 715.